The van der Waals surface area contributed by atoms with Gasteiger partial charge in [0.2, 0.25) is 5.91 Å². The molecule has 0 spiro atoms. The van der Waals surface area contributed by atoms with Gasteiger partial charge >= 0.3 is 0 Å². The van der Waals surface area contributed by atoms with E-state index in [0.717, 1.165) is 19.4 Å². The van der Waals surface area contributed by atoms with Gasteiger partial charge in [-0.2, -0.15) is 0 Å². The number of hydrogen-bond donors (Lipinski definition) is 2. The van der Waals surface area contributed by atoms with Gasteiger partial charge in [-0.15, -0.1) is 0 Å². The van der Waals surface area contributed by atoms with Crippen LogP contribution in [0.2, 0.25) is 0 Å². The minimum absolute atomic E-state index is 0.0170. The predicted octanol–water partition coefficient (Wildman–Crippen LogP) is 0.690. The maximum absolute atomic E-state index is 11.1. The van der Waals surface area contributed by atoms with Crippen LogP contribution in [0.3, 0.4) is 0 Å². The van der Waals surface area contributed by atoms with Crippen molar-refractivity contribution in [3.05, 3.63) is 0 Å². The molecule has 0 rings (SSSR count). The molecule has 0 heterocycles. The molecule has 2 N–H and O–H groups in total. The second-order valence-electron chi connectivity index (χ2n) is 3.44. The first kappa shape index (κ1) is 13.4. The molecule has 0 aromatic rings. The molecule has 1 unspecified atom stereocenters. The summed E-state index contributed by atoms with van der Waals surface area (Å²) in [6.07, 6.45) is 2.45. The lowest BCUT2D eigenvalue weighted by atomic mass is 10.2. The molecule has 0 radical (unpaired) electrons. The van der Waals surface area contributed by atoms with E-state index in [1.807, 2.05) is 0 Å². The molecule has 0 saturated carbocycles. The van der Waals surface area contributed by atoms with Crippen LogP contribution in [0.25, 0.3) is 0 Å². The van der Waals surface area contributed by atoms with Gasteiger partial charge in [-0.1, -0.05) is 0 Å². The third kappa shape index (κ3) is 9.48. The summed E-state index contributed by atoms with van der Waals surface area (Å²) in [7, 11) is 1.67. The lowest BCUT2D eigenvalue weighted by molar-refractivity contribution is -0.121. The lowest BCUT2D eigenvalue weighted by Crippen LogP contribution is -2.25. The van der Waals surface area contributed by atoms with Gasteiger partial charge in [0, 0.05) is 26.7 Å². The molecule has 0 aliphatic heterocycles. The second-order valence-corrected chi connectivity index (χ2v) is 3.44. The highest BCUT2D eigenvalue weighted by Crippen LogP contribution is 1.95. The number of methoxy groups -OCH3 is 1. The van der Waals surface area contributed by atoms with Gasteiger partial charge in [0.05, 0.1) is 6.10 Å². The Balaban J connectivity index is 3.18. The smallest absolute Gasteiger partial charge is 0.220 e. The van der Waals surface area contributed by atoms with Crippen LogP contribution in [0.4, 0.5) is 0 Å². The van der Waals surface area contributed by atoms with E-state index in [1.165, 1.54) is 0 Å². The zero-order chi connectivity index (χ0) is 10.8. The number of unbranched alkanes of at least 4 members (excludes halogenated alkanes) is 1. The number of hydrogen-bond acceptors (Lipinski definition) is 3. The highest BCUT2D eigenvalue weighted by Gasteiger charge is 2.02. The number of rotatable bonds is 8. The van der Waals surface area contributed by atoms with Gasteiger partial charge in [0.1, 0.15) is 0 Å². The number of nitrogens with one attached hydrogen (secondary N) is 1. The van der Waals surface area contributed by atoms with E-state index in [0.29, 0.717) is 19.4 Å². The van der Waals surface area contributed by atoms with Crippen LogP contribution < -0.4 is 5.32 Å². The van der Waals surface area contributed by atoms with E-state index in [4.69, 9.17) is 9.84 Å². The molecule has 0 aliphatic rings. The van der Waals surface area contributed by atoms with E-state index >= 15 is 0 Å². The first-order chi connectivity index (χ1) is 6.66. The summed E-state index contributed by atoms with van der Waals surface area (Å²) in [6, 6.07) is 0. The Hall–Kier alpha value is -0.610. The molecule has 1 amide bonds. The Labute approximate surface area is 85.6 Å². The molecule has 0 fully saturated rings. The van der Waals surface area contributed by atoms with Crippen LogP contribution in [0.1, 0.15) is 32.6 Å². The monoisotopic (exact) mass is 203 g/mol. The Bertz CT molecular complexity index is 148. The summed E-state index contributed by atoms with van der Waals surface area (Å²) in [6.45, 7) is 3.12. The van der Waals surface area contributed by atoms with Gasteiger partial charge in [0.25, 0.3) is 0 Å². The highest BCUT2D eigenvalue weighted by molar-refractivity contribution is 5.75. The van der Waals surface area contributed by atoms with Crippen molar-refractivity contribution in [1.82, 2.24) is 5.32 Å². The number of aliphatic hydroxyl groups is 1. The standard InChI is InChI=1S/C10H21NO3/c1-9(12)5-6-10(13)11-7-3-4-8-14-2/h9,12H,3-8H2,1-2H3,(H,11,13). The van der Waals surface area contributed by atoms with Gasteiger partial charge in [0.15, 0.2) is 0 Å². The molecule has 4 nitrogen and oxygen atoms in total. The fourth-order valence-electron chi connectivity index (χ4n) is 1.03. The van der Waals surface area contributed by atoms with Crippen molar-refractivity contribution < 1.29 is 14.6 Å². The first-order valence-corrected chi connectivity index (χ1v) is 5.10. The summed E-state index contributed by atoms with van der Waals surface area (Å²) < 4.78 is 4.88. The number of amides is 1. The van der Waals surface area contributed by atoms with Crippen LogP contribution in [0.15, 0.2) is 0 Å². The quantitative estimate of drug-likeness (QED) is 0.571. The van der Waals surface area contributed by atoms with Crippen LogP contribution in [-0.4, -0.2) is 37.4 Å². The van der Waals surface area contributed by atoms with Crippen molar-refractivity contribution in [3.63, 3.8) is 0 Å². The number of carbonyl (C=O) groups is 1. The largest absolute Gasteiger partial charge is 0.393 e. The molecular formula is C10H21NO3. The normalized spacial score (nSPS) is 12.5. The maximum atomic E-state index is 11.1. The van der Waals surface area contributed by atoms with Crippen molar-refractivity contribution in [2.45, 2.75) is 38.7 Å². The molecule has 0 saturated heterocycles. The number of ether oxygens (including phenoxy) is 1. The summed E-state index contributed by atoms with van der Waals surface area (Å²) in [5, 5.41) is 11.7. The van der Waals surface area contributed by atoms with E-state index in [1.54, 1.807) is 14.0 Å². The Morgan fingerprint density at radius 1 is 1.50 bits per heavy atom. The molecule has 4 heteroatoms. The van der Waals surface area contributed by atoms with Crippen LogP contribution in [0, 0.1) is 0 Å². The average Bonchev–Trinajstić information content (AvgIpc) is 2.14. The zero-order valence-electron chi connectivity index (χ0n) is 9.08. The minimum Gasteiger partial charge on any atom is -0.393 e. The lowest BCUT2D eigenvalue weighted by Gasteiger charge is -2.06. The van der Waals surface area contributed by atoms with Crippen LogP contribution in [0.5, 0.6) is 0 Å². The van der Waals surface area contributed by atoms with Gasteiger partial charge in [-0.25, -0.2) is 0 Å². The van der Waals surface area contributed by atoms with Crippen molar-refractivity contribution in [1.29, 1.82) is 0 Å². The Morgan fingerprint density at radius 2 is 2.21 bits per heavy atom. The van der Waals surface area contributed by atoms with Crippen molar-refractivity contribution in [3.8, 4) is 0 Å². The van der Waals surface area contributed by atoms with Gasteiger partial charge in [-0.05, 0) is 26.2 Å². The molecule has 84 valence electrons. The van der Waals surface area contributed by atoms with Crippen LogP contribution in [-0.2, 0) is 9.53 Å². The summed E-state index contributed by atoms with van der Waals surface area (Å²) >= 11 is 0. The van der Waals surface area contributed by atoms with E-state index in [9.17, 15) is 4.79 Å². The molecule has 0 aromatic heterocycles. The highest BCUT2D eigenvalue weighted by atomic mass is 16.5. The number of carbonyl (C=O) groups excluding carboxylic acids is 1. The van der Waals surface area contributed by atoms with E-state index in [2.05, 4.69) is 5.32 Å². The SMILES string of the molecule is COCCCCNC(=O)CCC(C)O. The molecule has 0 bridgehead atoms. The molecule has 14 heavy (non-hydrogen) atoms. The fourth-order valence-corrected chi connectivity index (χ4v) is 1.03. The van der Waals surface area contributed by atoms with Crippen molar-refractivity contribution in [2.24, 2.45) is 0 Å². The minimum atomic E-state index is -0.394. The average molecular weight is 203 g/mol. The van der Waals surface area contributed by atoms with E-state index in [-0.39, 0.29) is 5.91 Å². The second kappa shape index (κ2) is 8.97. The third-order valence-corrected chi connectivity index (χ3v) is 1.89. The maximum Gasteiger partial charge on any atom is 0.220 e. The summed E-state index contributed by atoms with van der Waals surface area (Å²) in [5.41, 5.74) is 0. The van der Waals surface area contributed by atoms with Crippen molar-refractivity contribution in [2.75, 3.05) is 20.3 Å². The van der Waals surface area contributed by atoms with Gasteiger partial charge in [-0.3, -0.25) is 4.79 Å². The topological polar surface area (TPSA) is 58.6 Å². The molecular weight excluding hydrogens is 182 g/mol. The molecule has 1 atom stereocenters. The predicted molar refractivity (Wildman–Crippen MR) is 55.0 cm³/mol. The van der Waals surface area contributed by atoms with Crippen LogP contribution >= 0.6 is 0 Å². The molecule has 0 aliphatic carbocycles. The Kier molecular flexibility index (Phi) is 8.57. The first-order valence-electron chi connectivity index (χ1n) is 5.10. The zero-order valence-corrected chi connectivity index (χ0v) is 9.08. The summed E-state index contributed by atoms with van der Waals surface area (Å²) in [5.74, 6) is 0.0170. The van der Waals surface area contributed by atoms with E-state index < -0.39 is 6.10 Å². The summed E-state index contributed by atoms with van der Waals surface area (Å²) in [4.78, 5) is 11.1. The fraction of sp³-hybridized carbons (Fsp3) is 0.900. The van der Waals surface area contributed by atoms with Gasteiger partial charge < -0.3 is 15.2 Å². The van der Waals surface area contributed by atoms with Crippen molar-refractivity contribution >= 4 is 5.91 Å². The number of aliphatic hydroxyl groups excluding tert-OH is 1. The third-order valence-electron chi connectivity index (χ3n) is 1.89. The Morgan fingerprint density at radius 3 is 2.79 bits per heavy atom. The molecule has 0 aromatic carbocycles.